The second-order valence-electron chi connectivity index (χ2n) is 5.55. The van der Waals surface area contributed by atoms with Gasteiger partial charge in [-0.1, -0.05) is 36.4 Å². The van der Waals surface area contributed by atoms with Crippen LogP contribution >= 0.6 is 0 Å². The zero-order chi connectivity index (χ0) is 16.9. The minimum Gasteiger partial charge on any atom is -0.425 e. The first-order chi connectivity index (χ1) is 11.6. The van der Waals surface area contributed by atoms with Gasteiger partial charge in [-0.15, -0.1) is 0 Å². The maximum absolute atomic E-state index is 12.0. The first-order valence-corrected chi connectivity index (χ1v) is 7.71. The smallest absolute Gasteiger partial charge is 0.330 e. The number of carbonyl (C=O) groups is 2. The Kier molecular flexibility index (Phi) is 4.61. The van der Waals surface area contributed by atoms with Gasteiger partial charge >= 0.3 is 5.97 Å². The number of carbonyl (C=O) groups excluding carboxylic acids is 2. The molecule has 2 aromatic carbocycles. The highest BCUT2D eigenvalue weighted by Crippen LogP contribution is 2.18. The average Bonchev–Trinajstić information content (AvgIpc) is 2.98. The molecular weight excluding hydrogens is 304 g/mol. The molecule has 5 heteroatoms. The fourth-order valence-electron chi connectivity index (χ4n) is 2.51. The predicted octanol–water partition coefficient (Wildman–Crippen LogP) is 2.74. The standard InChI is InChI=1S/C19H18N2O3/c1-13-6-2-5-9-17(13)24-19(23)12-21-18(22)10-14-11-20-16-8-4-3-7-15(14)16/h2-9,11,20H,10,12H2,1H3,(H,21,22). The Hall–Kier alpha value is -3.08. The number of amides is 1. The molecule has 0 radical (unpaired) electrons. The number of aromatic nitrogens is 1. The van der Waals surface area contributed by atoms with Gasteiger partial charge in [0.2, 0.25) is 5.91 Å². The van der Waals surface area contributed by atoms with Crippen molar-refractivity contribution in [3.05, 3.63) is 65.9 Å². The van der Waals surface area contributed by atoms with Crippen LogP contribution in [0.1, 0.15) is 11.1 Å². The molecule has 2 N–H and O–H groups in total. The van der Waals surface area contributed by atoms with Gasteiger partial charge in [-0.3, -0.25) is 4.79 Å². The number of rotatable bonds is 5. The normalized spacial score (nSPS) is 10.5. The number of H-pyrrole nitrogens is 1. The molecule has 1 heterocycles. The van der Waals surface area contributed by atoms with Crippen LogP contribution in [0.4, 0.5) is 0 Å². The van der Waals surface area contributed by atoms with Crippen molar-refractivity contribution in [2.24, 2.45) is 0 Å². The summed E-state index contributed by atoms with van der Waals surface area (Å²) >= 11 is 0. The number of aryl methyl sites for hydroxylation is 1. The lowest BCUT2D eigenvalue weighted by molar-refractivity contribution is -0.135. The molecule has 0 fully saturated rings. The first-order valence-electron chi connectivity index (χ1n) is 7.71. The third-order valence-electron chi connectivity index (χ3n) is 3.77. The molecule has 0 aliphatic carbocycles. The van der Waals surface area contributed by atoms with Gasteiger partial charge in [-0.25, -0.2) is 4.79 Å². The molecule has 0 bridgehead atoms. The summed E-state index contributed by atoms with van der Waals surface area (Å²) in [5, 5.41) is 3.61. The number of benzene rings is 2. The number of aromatic amines is 1. The summed E-state index contributed by atoms with van der Waals surface area (Å²) in [6, 6.07) is 15.0. The highest BCUT2D eigenvalue weighted by atomic mass is 16.5. The molecule has 0 saturated heterocycles. The van der Waals surface area contributed by atoms with Crippen molar-refractivity contribution >= 4 is 22.8 Å². The monoisotopic (exact) mass is 322 g/mol. The molecule has 3 aromatic rings. The number of ether oxygens (including phenoxy) is 1. The number of hydrogen-bond acceptors (Lipinski definition) is 3. The van der Waals surface area contributed by atoms with Crippen LogP contribution in [0.2, 0.25) is 0 Å². The quantitative estimate of drug-likeness (QED) is 0.560. The summed E-state index contributed by atoms with van der Waals surface area (Å²) in [7, 11) is 0. The maximum atomic E-state index is 12.0. The summed E-state index contributed by atoms with van der Waals surface area (Å²) in [5.41, 5.74) is 2.76. The van der Waals surface area contributed by atoms with Gasteiger partial charge in [0.05, 0.1) is 6.42 Å². The second kappa shape index (κ2) is 7.00. The van der Waals surface area contributed by atoms with E-state index in [1.165, 1.54) is 0 Å². The number of para-hydroxylation sites is 2. The molecule has 0 spiro atoms. The van der Waals surface area contributed by atoms with Gasteiger partial charge in [-0.2, -0.15) is 0 Å². The van der Waals surface area contributed by atoms with E-state index in [1.807, 2.05) is 49.5 Å². The van der Waals surface area contributed by atoms with E-state index in [1.54, 1.807) is 12.1 Å². The fraction of sp³-hybridized carbons (Fsp3) is 0.158. The molecule has 0 saturated carbocycles. The average molecular weight is 322 g/mol. The first kappa shape index (κ1) is 15.8. The van der Waals surface area contributed by atoms with Crippen LogP contribution in [-0.2, 0) is 16.0 Å². The fourth-order valence-corrected chi connectivity index (χ4v) is 2.51. The van der Waals surface area contributed by atoms with E-state index in [9.17, 15) is 9.59 Å². The highest BCUT2D eigenvalue weighted by Gasteiger charge is 2.11. The third kappa shape index (κ3) is 3.63. The lowest BCUT2D eigenvalue weighted by Crippen LogP contribution is -2.32. The van der Waals surface area contributed by atoms with Gasteiger partial charge in [0, 0.05) is 17.1 Å². The molecule has 0 aliphatic rings. The minimum absolute atomic E-state index is 0.157. The summed E-state index contributed by atoms with van der Waals surface area (Å²) in [6.45, 7) is 1.70. The molecule has 0 unspecified atom stereocenters. The highest BCUT2D eigenvalue weighted by molar-refractivity contribution is 5.90. The molecule has 5 nitrogen and oxygen atoms in total. The topological polar surface area (TPSA) is 71.2 Å². The van der Waals surface area contributed by atoms with E-state index in [0.717, 1.165) is 22.0 Å². The van der Waals surface area contributed by atoms with Crippen LogP contribution in [0.15, 0.2) is 54.7 Å². The van der Waals surface area contributed by atoms with Crippen LogP contribution in [0.25, 0.3) is 10.9 Å². The second-order valence-corrected chi connectivity index (χ2v) is 5.55. The molecule has 0 atom stereocenters. The van der Waals surface area contributed by atoms with Crippen molar-refractivity contribution in [1.82, 2.24) is 10.3 Å². The molecule has 24 heavy (non-hydrogen) atoms. The minimum atomic E-state index is -0.489. The molecule has 3 rings (SSSR count). The van der Waals surface area contributed by atoms with Crippen LogP contribution in [-0.4, -0.2) is 23.4 Å². The van der Waals surface area contributed by atoms with Gasteiger partial charge in [0.15, 0.2) is 0 Å². The van der Waals surface area contributed by atoms with E-state index < -0.39 is 5.97 Å². The zero-order valence-corrected chi connectivity index (χ0v) is 13.3. The van der Waals surface area contributed by atoms with Crippen molar-refractivity contribution in [1.29, 1.82) is 0 Å². The van der Waals surface area contributed by atoms with E-state index in [0.29, 0.717) is 5.75 Å². The van der Waals surface area contributed by atoms with Crippen LogP contribution < -0.4 is 10.1 Å². The Bertz CT molecular complexity index is 883. The summed E-state index contributed by atoms with van der Waals surface area (Å²) in [4.78, 5) is 27.0. The van der Waals surface area contributed by atoms with E-state index in [2.05, 4.69) is 10.3 Å². The molecular formula is C19H18N2O3. The Morgan fingerprint density at radius 1 is 1.08 bits per heavy atom. The van der Waals surface area contributed by atoms with Gasteiger partial charge < -0.3 is 15.0 Å². The van der Waals surface area contributed by atoms with Gasteiger partial charge in [-0.05, 0) is 30.2 Å². The lowest BCUT2D eigenvalue weighted by atomic mass is 10.1. The summed E-state index contributed by atoms with van der Waals surface area (Å²) < 4.78 is 5.24. The number of esters is 1. The molecule has 122 valence electrons. The number of nitrogens with one attached hydrogen (secondary N) is 2. The van der Waals surface area contributed by atoms with Crippen LogP contribution in [0, 0.1) is 6.92 Å². The van der Waals surface area contributed by atoms with Gasteiger partial charge in [0.25, 0.3) is 0 Å². The molecule has 1 amide bonds. The lowest BCUT2D eigenvalue weighted by Gasteiger charge is -2.08. The predicted molar refractivity (Wildman–Crippen MR) is 91.8 cm³/mol. The van der Waals surface area contributed by atoms with E-state index in [4.69, 9.17) is 4.74 Å². The van der Waals surface area contributed by atoms with Crippen LogP contribution in [0.3, 0.4) is 0 Å². The zero-order valence-electron chi connectivity index (χ0n) is 13.3. The van der Waals surface area contributed by atoms with E-state index in [-0.39, 0.29) is 18.9 Å². The largest absolute Gasteiger partial charge is 0.425 e. The Balaban J connectivity index is 1.54. The Morgan fingerprint density at radius 3 is 2.67 bits per heavy atom. The van der Waals surface area contributed by atoms with E-state index >= 15 is 0 Å². The molecule has 0 aliphatic heterocycles. The SMILES string of the molecule is Cc1ccccc1OC(=O)CNC(=O)Cc1c[nH]c2ccccc12. The maximum Gasteiger partial charge on any atom is 0.330 e. The molecule has 1 aromatic heterocycles. The van der Waals surface area contributed by atoms with Crippen molar-refractivity contribution in [2.75, 3.05) is 6.54 Å². The van der Waals surface area contributed by atoms with Crippen molar-refractivity contribution in [3.8, 4) is 5.75 Å². The Morgan fingerprint density at radius 2 is 1.83 bits per heavy atom. The van der Waals surface area contributed by atoms with Crippen LogP contribution in [0.5, 0.6) is 5.75 Å². The number of hydrogen-bond donors (Lipinski definition) is 2. The summed E-state index contributed by atoms with van der Waals surface area (Å²) in [5.74, 6) is -0.202. The van der Waals surface area contributed by atoms with Crippen molar-refractivity contribution in [3.63, 3.8) is 0 Å². The Labute approximate surface area is 139 Å². The summed E-state index contributed by atoms with van der Waals surface area (Å²) in [6.07, 6.45) is 2.03. The number of fused-ring (bicyclic) bond motifs is 1. The van der Waals surface area contributed by atoms with Crippen molar-refractivity contribution in [2.45, 2.75) is 13.3 Å². The van der Waals surface area contributed by atoms with Crippen molar-refractivity contribution < 1.29 is 14.3 Å². The third-order valence-corrected chi connectivity index (χ3v) is 3.77. The van der Waals surface area contributed by atoms with Gasteiger partial charge in [0.1, 0.15) is 12.3 Å².